The van der Waals surface area contributed by atoms with Crippen LogP contribution in [0.3, 0.4) is 0 Å². The van der Waals surface area contributed by atoms with E-state index in [1.807, 2.05) is 12.1 Å². The van der Waals surface area contributed by atoms with Crippen molar-refractivity contribution in [3.8, 4) is 17.2 Å². The molecular formula is C40H37B8BrN6O9. The number of phenolic OH excluding ortho intramolecular Hbond substituents is 1. The first kappa shape index (κ1) is 47.6. The van der Waals surface area contributed by atoms with E-state index in [9.17, 15) is 33.9 Å². The maximum absolute atomic E-state index is 13.1. The van der Waals surface area contributed by atoms with Gasteiger partial charge in [-0.2, -0.15) is 0 Å². The second-order valence-corrected chi connectivity index (χ2v) is 16.5. The molecule has 15 nitrogen and oxygen atoms in total. The number of methoxy groups -OCH3 is 2. The van der Waals surface area contributed by atoms with Crippen LogP contribution >= 0.6 is 15.9 Å². The number of nitrogens with zero attached hydrogens (tertiary/aromatic N) is 4. The molecule has 3 N–H and O–H groups in total. The van der Waals surface area contributed by atoms with Gasteiger partial charge in [0.25, 0.3) is 23.6 Å². The van der Waals surface area contributed by atoms with Gasteiger partial charge in [-0.25, -0.2) is 9.59 Å². The van der Waals surface area contributed by atoms with E-state index in [2.05, 4.69) is 26.6 Å². The van der Waals surface area contributed by atoms with Gasteiger partial charge in [-0.3, -0.25) is 29.0 Å². The number of nitrogens with one attached hydrogen (secondary N) is 2. The molecule has 0 aliphatic carbocycles. The van der Waals surface area contributed by atoms with E-state index in [1.54, 1.807) is 72.7 Å². The molecule has 2 fully saturated rings. The first-order valence-corrected chi connectivity index (χ1v) is 20.5. The van der Waals surface area contributed by atoms with Gasteiger partial charge in [-0.1, -0.05) is 52.3 Å². The first-order valence-electron chi connectivity index (χ1n) is 19.7. The molecule has 0 unspecified atom stereocenters. The molecule has 4 aliphatic rings. The topological polar surface area (TPSA) is 178 Å². The number of likely N-dealkylation sites (N-methyl/N-ethyl adjacent to an activating group) is 2. The number of ether oxygens (including phenoxy) is 2. The maximum Gasteiger partial charge on any atom is 0.325 e. The van der Waals surface area contributed by atoms with Crippen molar-refractivity contribution in [2.75, 3.05) is 41.4 Å². The minimum Gasteiger partial charge on any atom is -0.508 e. The van der Waals surface area contributed by atoms with Gasteiger partial charge in [0.15, 0.2) is 11.1 Å². The van der Waals surface area contributed by atoms with Gasteiger partial charge in [0, 0.05) is 101 Å². The van der Waals surface area contributed by atoms with Gasteiger partial charge in [-0.15, -0.1) is 0 Å². The summed E-state index contributed by atoms with van der Waals surface area (Å²) in [6.45, 7) is 0.704. The molecule has 312 valence electrons. The predicted molar refractivity (Wildman–Crippen MR) is 250 cm³/mol. The molecule has 0 aromatic heterocycles. The van der Waals surface area contributed by atoms with E-state index in [-0.39, 0.29) is 36.6 Å². The molecule has 2 saturated heterocycles. The molecular weight excluding hydrogens is 875 g/mol. The Bertz CT molecular complexity index is 2320. The SMILES string of the molecule is COc1ccc2c(c1)C(=O)N(C[C@@]1(c3ccc(Br)cc3)NC(=O)N(C)C1=O)C2.COc1ccc2c(c1)C(=O)N(C[C@@]1(c3ccc(O)cc3)NC(=O)N(C)C1=O)C2.[B]B([B])B([B])B([B])[B]. The summed E-state index contributed by atoms with van der Waals surface area (Å²) in [7, 11) is 31.7. The fraction of sp³-hybridized carbons (Fsp3) is 0.250. The third-order valence-electron chi connectivity index (χ3n) is 11.4. The van der Waals surface area contributed by atoms with Crippen LogP contribution in [0.5, 0.6) is 17.2 Å². The highest BCUT2D eigenvalue weighted by Gasteiger charge is 2.54. The second kappa shape index (κ2) is 19.1. The number of fused-ring (bicyclic) bond motifs is 2. The van der Waals surface area contributed by atoms with Crippen LogP contribution in [0.15, 0.2) is 89.4 Å². The summed E-state index contributed by atoms with van der Waals surface area (Å²) in [6.07, 6.45) is -1.78. The smallest absolute Gasteiger partial charge is 0.325 e. The number of halogens is 1. The van der Waals surface area contributed by atoms with Crippen LogP contribution in [0.4, 0.5) is 9.59 Å². The Morgan fingerprint density at radius 2 is 1.00 bits per heavy atom. The lowest BCUT2D eigenvalue weighted by Gasteiger charge is -2.31. The van der Waals surface area contributed by atoms with Crippen LogP contribution in [-0.4, -0.2) is 160 Å². The normalized spacial score (nSPS) is 19.5. The molecule has 10 radical (unpaired) electrons. The number of imide groups is 2. The van der Waals surface area contributed by atoms with Crippen LogP contribution in [0.1, 0.15) is 43.0 Å². The number of hydrogen-bond donors (Lipinski definition) is 3. The van der Waals surface area contributed by atoms with E-state index in [1.165, 1.54) is 38.2 Å². The summed E-state index contributed by atoms with van der Waals surface area (Å²) in [4.78, 5) is 81.7. The third-order valence-corrected chi connectivity index (χ3v) is 12.0. The molecule has 0 spiro atoms. The number of urea groups is 2. The van der Waals surface area contributed by atoms with Gasteiger partial charge in [-0.05, 0) is 70.8 Å². The Balaban J connectivity index is 0.000000182. The minimum atomic E-state index is -1.42. The van der Waals surface area contributed by atoms with E-state index < -0.39 is 48.2 Å². The third kappa shape index (κ3) is 9.19. The fourth-order valence-electron chi connectivity index (χ4n) is 7.68. The van der Waals surface area contributed by atoms with Crippen LogP contribution in [-0.2, 0) is 33.8 Å². The zero-order valence-electron chi connectivity index (χ0n) is 35.4. The van der Waals surface area contributed by atoms with Gasteiger partial charge in [0.05, 0.1) is 27.3 Å². The van der Waals surface area contributed by atoms with Crippen molar-refractivity contribution < 1.29 is 43.3 Å². The van der Waals surface area contributed by atoms with Crippen molar-refractivity contribution in [1.82, 2.24) is 30.2 Å². The molecule has 0 saturated carbocycles. The van der Waals surface area contributed by atoms with Crippen molar-refractivity contribution in [3.05, 3.63) is 123 Å². The standard InChI is InChI=1S/C20H18BrN3O4.C20H19N3O5.B8/c1-23-18(26)20(22-19(23)27,13-4-6-14(21)7-5-13)11-24-10-12-3-8-15(28-2)9-16(12)17(24)25;1-22-18(26)20(21-19(22)27,13-4-6-14(24)7-5-13)11-23-10-12-3-8-15(28-2)9-16(12)17(23)25;1-6(2)8(5)7(3)4/h3-9H,10-11H2,1-2H3,(H,22,27);3-9,24H,10-11H2,1-2H3,(H,21,27);/t2*20-;/m00./s1. The van der Waals surface area contributed by atoms with Crippen molar-refractivity contribution in [3.63, 3.8) is 0 Å². The van der Waals surface area contributed by atoms with Crippen LogP contribution in [0, 0.1) is 0 Å². The summed E-state index contributed by atoms with van der Waals surface area (Å²) < 4.78 is 11.3. The van der Waals surface area contributed by atoms with E-state index in [0.717, 1.165) is 25.4 Å². The number of phenols is 1. The highest BCUT2D eigenvalue weighted by atomic mass is 79.9. The molecule has 4 heterocycles. The Morgan fingerprint density at radius 1 is 0.625 bits per heavy atom. The van der Waals surface area contributed by atoms with Crippen molar-refractivity contribution in [2.24, 2.45) is 0 Å². The van der Waals surface area contributed by atoms with Gasteiger partial charge in [0.2, 0.25) is 0 Å². The van der Waals surface area contributed by atoms with E-state index in [4.69, 9.17) is 48.2 Å². The molecule has 64 heavy (non-hydrogen) atoms. The summed E-state index contributed by atoms with van der Waals surface area (Å²) in [5, 5.41) is 15.1. The van der Waals surface area contributed by atoms with Crippen LogP contribution < -0.4 is 20.1 Å². The number of rotatable bonds is 10. The zero-order valence-corrected chi connectivity index (χ0v) is 37.0. The minimum absolute atomic E-state index is 0.0253. The number of amides is 8. The number of benzene rings is 4. The molecule has 24 heteroatoms. The zero-order chi connectivity index (χ0) is 46.8. The summed E-state index contributed by atoms with van der Waals surface area (Å²) in [5.41, 5.74) is 1.14. The lowest BCUT2D eigenvalue weighted by atomic mass is 8.68. The highest BCUT2D eigenvalue weighted by Crippen LogP contribution is 2.36. The van der Waals surface area contributed by atoms with Crippen LogP contribution in [0.25, 0.3) is 0 Å². The van der Waals surface area contributed by atoms with Crippen molar-refractivity contribution >= 4 is 109 Å². The number of aromatic hydroxyl groups is 1. The lowest BCUT2D eigenvalue weighted by molar-refractivity contribution is -0.132. The van der Waals surface area contributed by atoms with Gasteiger partial charge >= 0.3 is 12.1 Å². The van der Waals surface area contributed by atoms with E-state index >= 15 is 0 Å². The number of carbonyl (C=O) groups is 6. The summed E-state index contributed by atoms with van der Waals surface area (Å²) in [6, 6.07) is 22.8. The van der Waals surface area contributed by atoms with E-state index in [0.29, 0.717) is 46.8 Å². The van der Waals surface area contributed by atoms with Gasteiger partial charge in [0.1, 0.15) is 17.2 Å². The first-order chi connectivity index (χ1) is 30.3. The predicted octanol–water partition coefficient (Wildman–Crippen LogP) is 0.878. The van der Waals surface area contributed by atoms with Crippen molar-refractivity contribution in [1.29, 1.82) is 0 Å². The Kier molecular flexibility index (Phi) is 14.2. The molecule has 0 bridgehead atoms. The molecule has 2 atom stereocenters. The monoisotopic (exact) mass is 912 g/mol. The maximum atomic E-state index is 13.1. The number of hydrogen-bond acceptors (Lipinski definition) is 9. The fourth-order valence-corrected chi connectivity index (χ4v) is 7.95. The molecule has 4 aromatic rings. The Hall–Kier alpha value is -5.90. The van der Waals surface area contributed by atoms with Gasteiger partial charge < -0.3 is 35.0 Å². The molecule has 4 aromatic carbocycles. The second-order valence-electron chi connectivity index (χ2n) is 15.6. The molecule has 8 amide bonds. The van der Waals surface area contributed by atoms with Crippen molar-refractivity contribution in [2.45, 2.75) is 24.2 Å². The average Bonchev–Trinajstić information content (AvgIpc) is 3.91. The number of carbonyl (C=O) groups excluding carboxylic acids is 6. The lowest BCUT2D eigenvalue weighted by Crippen LogP contribution is -2.52. The average molecular weight is 912 g/mol. The quantitative estimate of drug-likeness (QED) is 0.154. The summed E-state index contributed by atoms with van der Waals surface area (Å²) >= 11 is 3.38. The molecule has 4 aliphatic heterocycles. The Labute approximate surface area is 387 Å². The Morgan fingerprint density at radius 3 is 1.31 bits per heavy atom. The summed E-state index contributed by atoms with van der Waals surface area (Å²) in [5.74, 6) is -0.0502. The highest BCUT2D eigenvalue weighted by molar-refractivity contribution is 9.10. The largest absolute Gasteiger partial charge is 0.508 e. The molecule has 8 rings (SSSR count). The van der Waals surface area contributed by atoms with Crippen LogP contribution in [0.2, 0.25) is 0 Å².